The maximum atomic E-state index is 12.8. The SMILES string of the molecule is CC(CN(C)C)Nc1ccc(C(=O)O)c(C(F)(F)F)c1. The lowest BCUT2D eigenvalue weighted by molar-refractivity contribution is -0.138. The Morgan fingerprint density at radius 3 is 2.45 bits per heavy atom. The van der Waals surface area contributed by atoms with Gasteiger partial charge in [0.25, 0.3) is 0 Å². The zero-order valence-electron chi connectivity index (χ0n) is 11.5. The number of hydrogen-bond acceptors (Lipinski definition) is 3. The van der Waals surface area contributed by atoms with Crippen LogP contribution in [0.5, 0.6) is 0 Å². The highest BCUT2D eigenvalue weighted by Gasteiger charge is 2.35. The summed E-state index contributed by atoms with van der Waals surface area (Å²) in [6.07, 6.45) is -4.70. The largest absolute Gasteiger partial charge is 0.478 e. The number of nitrogens with zero attached hydrogens (tertiary/aromatic N) is 1. The molecule has 0 bridgehead atoms. The Kier molecular flexibility index (Phi) is 4.99. The highest BCUT2D eigenvalue weighted by Crippen LogP contribution is 2.34. The van der Waals surface area contributed by atoms with E-state index >= 15 is 0 Å². The molecule has 0 fully saturated rings. The van der Waals surface area contributed by atoms with Crippen molar-refractivity contribution in [2.45, 2.75) is 19.1 Å². The summed E-state index contributed by atoms with van der Waals surface area (Å²) in [5.74, 6) is -1.59. The van der Waals surface area contributed by atoms with E-state index < -0.39 is 23.3 Å². The quantitative estimate of drug-likeness (QED) is 0.875. The third-order valence-corrected chi connectivity index (χ3v) is 2.61. The standard InChI is InChI=1S/C13H17F3N2O2/c1-8(7-18(2)3)17-9-4-5-10(12(19)20)11(6-9)13(14,15)16/h4-6,8,17H,7H2,1-3H3,(H,19,20). The molecule has 0 saturated carbocycles. The van der Waals surface area contributed by atoms with Gasteiger partial charge in [0, 0.05) is 18.3 Å². The minimum atomic E-state index is -4.70. The number of alkyl halides is 3. The van der Waals surface area contributed by atoms with Crippen molar-refractivity contribution in [1.82, 2.24) is 4.90 Å². The molecule has 0 radical (unpaired) electrons. The first kappa shape index (κ1) is 16.3. The van der Waals surface area contributed by atoms with Gasteiger partial charge in [0.05, 0.1) is 11.1 Å². The second-order valence-electron chi connectivity index (χ2n) is 4.87. The van der Waals surface area contributed by atoms with E-state index in [1.54, 1.807) is 0 Å². The summed E-state index contributed by atoms with van der Waals surface area (Å²) >= 11 is 0. The van der Waals surface area contributed by atoms with Gasteiger partial charge in [-0.05, 0) is 39.2 Å². The van der Waals surface area contributed by atoms with E-state index in [1.165, 1.54) is 6.07 Å². The summed E-state index contributed by atoms with van der Waals surface area (Å²) in [4.78, 5) is 12.7. The van der Waals surface area contributed by atoms with Crippen molar-refractivity contribution in [2.75, 3.05) is 26.0 Å². The molecule has 2 N–H and O–H groups in total. The van der Waals surface area contributed by atoms with Crippen LogP contribution in [-0.4, -0.2) is 42.7 Å². The van der Waals surface area contributed by atoms with Crippen molar-refractivity contribution < 1.29 is 23.1 Å². The molecule has 1 unspecified atom stereocenters. The minimum Gasteiger partial charge on any atom is -0.478 e. The molecule has 0 amide bonds. The smallest absolute Gasteiger partial charge is 0.417 e. The van der Waals surface area contributed by atoms with Gasteiger partial charge in [0.2, 0.25) is 0 Å². The first-order valence-corrected chi connectivity index (χ1v) is 5.97. The Bertz CT molecular complexity index is 487. The Balaban J connectivity index is 3.04. The van der Waals surface area contributed by atoms with Crippen LogP contribution in [-0.2, 0) is 6.18 Å². The van der Waals surface area contributed by atoms with E-state index in [0.717, 1.165) is 12.1 Å². The van der Waals surface area contributed by atoms with E-state index in [9.17, 15) is 18.0 Å². The van der Waals surface area contributed by atoms with Crippen LogP contribution in [0.15, 0.2) is 18.2 Å². The predicted molar refractivity (Wildman–Crippen MR) is 70.0 cm³/mol. The number of anilines is 1. The van der Waals surface area contributed by atoms with Crippen LogP contribution in [0.3, 0.4) is 0 Å². The fourth-order valence-corrected chi connectivity index (χ4v) is 1.93. The van der Waals surface area contributed by atoms with Gasteiger partial charge >= 0.3 is 12.1 Å². The summed E-state index contributed by atoms with van der Waals surface area (Å²) in [6, 6.07) is 3.07. The zero-order valence-corrected chi connectivity index (χ0v) is 11.5. The van der Waals surface area contributed by atoms with Gasteiger partial charge in [-0.2, -0.15) is 13.2 Å². The summed E-state index contributed by atoms with van der Waals surface area (Å²) in [5, 5.41) is 11.7. The molecule has 4 nitrogen and oxygen atoms in total. The first-order valence-electron chi connectivity index (χ1n) is 5.97. The molecule has 1 rings (SSSR count). The number of nitrogens with one attached hydrogen (secondary N) is 1. The molecule has 20 heavy (non-hydrogen) atoms. The second kappa shape index (κ2) is 6.13. The van der Waals surface area contributed by atoms with Crippen LogP contribution in [0.1, 0.15) is 22.8 Å². The van der Waals surface area contributed by atoms with Crippen molar-refractivity contribution in [1.29, 1.82) is 0 Å². The molecule has 0 aromatic heterocycles. The van der Waals surface area contributed by atoms with Crippen LogP contribution in [0.4, 0.5) is 18.9 Å². The first-order chi connectivity index (χ1) is 9.11. The molecule has 0 aliphatic carbocycles. The third-order valence-electron chi connectivity index (χ3n) is 2.61. The van der Waals surface area contributed by atoms with E-state index in [4.69, 9.17) is 5.11 Å². The monoisotopic (exact) mass is 290 g/mol. The van der Waals surface area contributed by atoms with Gasteiger partial charge < -0.3 is 15.3 Å². The van der Waals surface area contributed by atoms with Crippen molar-refractivity contribution in [3.05, 3.63) is 29.3 Å². The maximum Gasteiger partial charge on any atom is 0.417 e. The number of carboxylic acids is 1. The molecule has 1 aromatic carbocycles. The van der Waals surface area contributed by atoms with Crippen LogP contribution in [0.25, 0.3) is 0 Å². The fourth-order valence-electron chi connectivity index (χ4n) is 1.93. The molecule has 0 aliphatic heterocycles. The van der Waals surface area contributed by atoms with E-state index in [1.807, 2.05) is 25.9 Å². The lowest BCUT2D eigenvalue weighted by atomic mass is 10.1. The molecule has 112 valence electrons. The molecule has 0 spiro atoms. The van der Waals surface area contributed by atoms with Crippen LogP contribution in [0.2, 0.25) is 0 Å². The number of carbonyl (C=O) groups is 1. The number of hydrogen-bond donors (Lipinski definition) is 2. The molecule has 0 aliphatic rings. The average molecular weight is 290 g/mol. The lowest BCUT2D eigenvalue weighted by Gasteiger charge is -2.20. The van der Waals surface area contributed by atoms with Crippen LogP contribution >= 0.6 is 0 Å². The van der Waals surface area contributed by atoms with Gasteiger partial charge in [-0.25, -0.2) is 4.79 Å². The number of likely N-dealkylation sites (N-methyl/N-ethyl adjacent to an activating group) is 1. The number of aromatic carboxylic acids is 1. The summed E-state index contributed by atoms with van der Waals surface area (Å²) < 4.78 is 38.5. The zero-order chi connectivity index (χ0) is 15.5. The van der Waals surface area contributed by atoms with Crippen molar-refractivity contribution >= 4 is 11.7 Å². The van der Waals surface area contributed by atoms with Gasteiger partial charge in [-0.15, -0.1) is 0 Å². The molecule has 0 saturated heterocycles. The average Bonchev–Trinajstić information content (AvgIpc) is 2.25. The minimum absolute atomic E-state index is 0.0678. The van der Waals surface area contributed by atoms with E-state index in [-0.39, 0.29) is 11.7 Å². The fraction of sp³-hybridized carbons (Fsp3) is 0.462. The topological polar surface area (TPSA) is 52.6 Å². The Morgan fingerprint density at radius 2 is 2.00 bits per heavy atom. The molecule has 0 heterocycles. The summed E-state index contributed by atoms with van der Waals surface area (Å²) in [6.45, 7) is 2.47. The molecule has 1 aromatic rings. The number of halogens is 3. The summed E-state index contributed by atoms with van der Waals surface area (Å²) in [5.41, 5.74) is -1.65. The highest BCUT2D eigenvalue weighted by molar-refractivity contribution is 5.90. The van der Waals surface area contributed by atoms with E-state index in [2.05, 4.69) is 5.32 Å². The molecule has 1 atom stereocenters. The van der Waals surface area contributed by atoms with Gasteiger partial charge in [0.1, 0.15) is 0 Å². The number of benzene rings is 1. The Morgan fingerprint density at radius 1 is 1.40 bits per heavy atom. The third kappa shape index (κ3) is 4.41. The molecular formula is C13H17F3N2O2. The second-order valence-corrected chi connectivity index (χ2v) is 4.87. The Labute approximate surface area is 115 Å². The van der Waals surface area contributed by atoms with E-state index in [0.29, 0.717) is 6.54 Å². The molecule has 7 heteroatoms. The Hall–Kier alpha value is -1.76. The maximum absolute atomic E-state index is 12.8. The van der Waals surface area contributed by atoms with Gasteiger partial charge in [0.15, 0.2) is 0 Å². The highest BCUT2D eigenvalue weighted by atomic mass is 19.4. The van der Waals surface area contributed by atoms with Crippen LogP contribution < -0.4 is 5.32 Å². The van der Waals surface area contributed by atoms with Gasteiger partial charge in [-0.3, -0.25) is 0 Å². The predicted octanol–water partition coefficient (Wildman–Crippen LogP) is 2.77. The normalized spacial score (nSPS) is 13.3. The van der Waals surface area contributed by atoms with Crippen LogP contribution in [0, 0.1) is 0 Å². The number of rotatable bonds is 5. The van der Waals surface area contributed by atoms with Gasteiger partial charge in [-0.1, -0.05) is 0 Å². The van der Waals surface area contributed by atoms with Crippen molar-refractivity contribution in [2.24, 2.45) is 0 Å². The summed E-state index contributed by atoms with van der Waals surface area (Å²) in [7, 11) is 3.71. The molecular weight excluding hydrogens is 273 g/mol. The van der Waals surface area contributed by atoms with Crippen molar-refractivity contribution in [3.8, 4) is 0 Å². The lowest BCUT2D eigenvalue weighted by Crippen LogP contribution is -2.29. The van der Waals surface area contributed by atoms with Crippen molar-refractivity contribution in [3.63, 3.8) is 0 Å². The number of carboxylic acid groups (broad SMARTS) is 1.